The van der Waals surface area contributed by atoms with E-state index in [4.69, 9.17) is 5.73 Å². The zero-order valence-corrected chi connectivity index (χ0v) is 10.4. The van der Waals surface area contributed by atoms with Crippen LogP contribution in [-0.2, 0) is 0 Å². The van der Waals surface area contributed by atoms with Crippen molar-refractivity contribution in [3.63, 3.8) is 0 Å². The van der Waals surface area contributed by atoms with Crippen LogP contribution in [0.2, 0.25) is 0 Å². The van der Waals surface area contributed by atoms with Crippen molar-refractivity contribution in [3.8, 4) is 0 Å². The molecule has 1 heterocycles. The normalized spacial score (nSPS) is 10.1. The second kappa shape index (κ2) is 4.87. The van der Waals surface area contributed by atoms with Crippen molar-refractivity contribution in [3.05, 3.63) is 53.3 Å². The lowest BCUT2D eigenvalue weighted by molar-refractivity contribution is 0.102. The highest BCUT2D eigenvalue weighted by Gasteiger charge is 2.11. The lowest BCUT2D eigenvalue weighted by Gasteiger charge is -2.09. The molecule has 3 N–H and O–H groups in total. The van der Waals surface area contributed by atoms with E-state index in [9.17, 15) is 4.79 Å². The Hall–Kier alpha value is -2.36. The van der Waals surface area contributed by atoms with Crippen LogP contribution in [0.15, 0.2) is 36.5 Å². The van der Waals surface area contributed by atoms with Gasteiger partial charge < -0.3 is 11.1 Å². The number of aryl methyl sites for hydroxylation is 2. The van der Waals surface area contributed by atoms with Crippen LogP contribution >= 0.6 is 0 Å². The summed E-state index contributed by atoms with van der Waals surface area (Å²) in [6, 6.07) is 9.16. The molecule has 1 aromatic carbocycles. The van der Waals surface area contributed by atoms with Gasteiger partial charge in [0, 0.05) is 6.20 Å². The highest BCUT2D eigenvalue weighted by molar-refractivity contribution is 6.05. The van der Waals surface area contributed by atoms with E-state index >= 15 is 0 Å². The molecule has 0 saturated carbocycles. The summed E-state index contributed by atoms with van der Waals surface area (Å²) in [7, 11) is 0. The van der Waals surface area contributed by atoms with E-state index in [-0.39, 0.29) is 5.91 Å². The molecule has 0 aliphatic heterocycles. The minimum Gasteiger partial charge on any atom is -0.397 e. The van der Waals surface area contributed by atoms with Crippen LogP contribution in [0.3, 0.4) is 0 Å². The van der Waals surface area contributed by atoms with E-state index in [1.807, 2.05) is 32.0 Å². The predicted molar refractivity (Wildman–Crippen MR) is 72.5 cm³/mol. The average molecular weight is 241 g/mol. The molecule has 1 amide bonds. The topological polar surface area (TPSA) is 68.0 Å². The fourth-order valence-corrected chi connectivity index (χ4v) is 1.68. The Kier molecular flexibility index (Phi) is 3.28. The Morgan fingerprint density at radius 2 is 2.06 bits per heavy atom. The number of benzene rings is 1. The number of nitrogens with zero attached hydrogens (tertiary/aromatic N) is 1. The van der Waals surface area contributed by atoms with Crippen molar-refractivity contribution in [1.29, 1.82) is 0 Å². The van der Waals surface area contributed by atoms with E-state index in [1.54, 1.807) is 18.3 Å². The number of anilines is 2. The van der Waals surface area contributed by atoms with Crippen LogP contribution in [0.5, 0.6) is 0 Å². The van der Waals surface area contributed by atoms with E-state index in [0.29, 0.717) is 17.1 Å². The van der Waals surface area contributed by atoms with Gasteiger partial charge in [-0.3, -0.25) is 9.78 Å². The van der Waals surface area contributed by atoms with Gasteiger partial charge in [0.1, 0.15) is 5.69 Å². The van der Waals surface area contributed by atoms with Crippen molar-refractivity contribution >= 4 is 17.3 Å². The number of nitrogens with two attached hydrogens (primary N) is 1. The lowest BCUT2D eigenvalue weighted by atomic mass is 10.1. The first kappa shape index (κ1) is 12.1. The maximum absolute atomic E-state index is 12.1. The number of nitrogens with one attached hydrogen (secondary N) is 1. The van der Waals surface area contributed by atoms with Gasteiger partial charge in [0.25, 0.3) is 5.91 Å². The number of carbonyl (C=O) groups excluding carboxylic acids is 1. The first-order valence-corrected chi connectivity index (χ1v) is 5.67. The molecule has 0 atom stereocenters. The molecule has 0 fully saturated rings. The van der Waals surface area contributed by atoms with Crippen molar-refractivity contribution in [1.82, 2.24) is 4.98 Å². The van der Waals surface area contributed by atoms with Crippen LogP contribution in [-0.4, -0.2) is 10.9 Å². The molecule has 4 nitrogen and oxygen atoms in total. The predicted octanol–water partition coefficient (Wildman–Crippen LogP) is 2.53. The van der Waals surface area contributed by atoms with Crippen molar-refractivity contribution < 1.29 is 4.79 Å². The summed E-state index contributed by atoms with van der Waals surface area (Å²) in [5.41, 5.74) is 9.27. The van der Waals surface area contributed by atoms with Crippen molar-refractivity contribution in [2.75, 3.05) is 11.1 Å². The Morgan fingerprint density at radius 1 is 1.28 bits per heavy atom. The number of amides is 1. The van der Waals surface area contributed by atoms with Gasteiger partial charge in [0.2, 0.25) is 0 Å². The number of pyridine rings is 1. The summed E-state index contributed by atoms with van der Waals surface area (Å²) >= 11 is 0. The molecule has 92 valence electrons. The van der Waals surface area contributed by atoms with Gasteiger partial charge in [0.15, 0.2) is 0 Å². The molecule has 2 aromatic rings. The summed E-state index contributed by atoms with van der Waals surface area (Å²) in [5, 5.41) is 2.78. The molecule has 0 bridgehead atoms. The van der Waals surface area contributed by atoms with Gasteiger partial charge in [-0.1, -0.05) is 12.1 Å². The van der Waals surface area contributed by atoms with Crippen LogP contribution in [0.1, 0.15) is 21.6 Å². The fraction of sp³-hybridized carbons (Fsp3) is 0.143. The van der Waals surface area contributed by atoms with Gasteiger partial charge in [-0.05, 0) is 43.2 Å². The number of hydrogen-bond donors (Lipinski definition) is 2. The third kappa shape index (κ3) is 2.48. The maximum atomic E-state index is 12.1. The zero-order chi connectivity index (χ0) is 13.1. The molecular weight excluding hydrogens is 226 g/mol. The summed E-state index contributed by atoms with van der Waals surface area (Å²) < 4.78 is 0. The number of carbonyl (C=O) groups is 1. The average Bonchev–Trinajstić information content (AvgIpc) is 2.34. The second-order valence-electron chi connectivity index (χ2n) is 4.21. The number of nitrogen functional groups attached to an aromatic ring is 1. The van der Waals surface area contributed by atoms with Gasteiger partial charge in [-0.15, -0.1) is 0 Å². The summed E-state index contributed by atoms with van der Waals surface area (Å²) in [4.78, 5) is 16.1. The maximum Gasteiger partial charge on any atom is 0.274 e. The van der Waals surface area contributed by atoms with E-state index in [0.717, 1.165) is 11.1 Å². The molecule has 1 aromatic heterocycles. The molecular formula is C14H15N3O. The Bertz CT molecular complexity index is 593. The van der Waals surface area contributed by atoms with E-state index in [2.05, 4.69) is 10.3 Å². The molecule has 0 aliphatic carbocycles. The summed E-state index contributed by atoms with van der Waals surface area (Å²) in [6.45, 7) is 3.79. The number of hydrogen-bond acceptors (Lipinski definition) is 3. The molecule has 2 rings (SSSR count). The van der Waals surface area contributed by atoms with Gasteiger partial charge in [0.05, 0.1) is 11.4 Å². The standard InChI is InChI=1S/C14H15N3O/c1-9-5-6-11(15)12(8-9)17-14(18)13-10(2)4-3-7-16-13/h3-8H,15H2,1-2H3,(H,17,18). The number of rotatable bonds is 2. The van der Waals surface area contributed by atoms with Gasteiger partial charge in [-0.25, -0.2) is 0 Å². The second-order valence-corrected chi connectivity index (χ2v) is 4.21. The van der Waals surface area contributed by atoms with Crippen LogP contribution in [0, 0.1) is 13.8 Å². The van der Waals surface area contributed by atoms with E-state index < -0.39 is 0 Å². The SMILES string of the molecule is Cc1ccc(N)c(NC(=O)c2ncccc2C)c1. The van der Waals surface area contributed by atoms with Crippen molar-refractivity contribution in [2.24, 2.45) is 0 Å². The smallest absolute Gasteiger partial charge is 0.274 e. The third-order valence-corrected chi connectivity index (χ3v) is 2.68. The summed E-state index contributed by atoms with van der Waals surface area (Å²) in [5.74, 6) is -0.245. The highest BCUT2D eigenvalue weighted by atomic mass is 16.1. The third-order valence-electron chi connectivity index (χ3n) is 2.68. The van der Waals surface area contributed by atoms with Gasteiger partial charge in [-0.2, -0.15) is 0 Å². The monoisotopic (exact) mass is 241 g/mol. The first-order chi connectivity index (χ1) is 8.58. The Balaban J connectivity index is 2.27. The summed E-state index contributed by atoms with van der Waals surface area (Å²) in [6.07, 6.45) is 1.60. The molecule has 18 heavy (non-hydrogen) atoms. The molecule has 0 aliphatic rings. The fourth-order valence-electron chi connectivity index (χ4n) is 1.68. The van der Waals surface area contributed by atoms with Crippen molar-refractivity contribution in [2.45, 2.75) is 13.8 Å². The van der Waals surface area contributed by atoms with Crippen LogP contribution in [0.25, 0.3) is 0 Å². The largest absolute Gasteiger partial charge is 0.397 e. The van der Waals surface area contributed by atoms with Crippen LogP contribution in [0.4, 0.5) is 11.4 Å². The molecule has 4 heteroatoms. The Morgan fingerprint density at radius 3 is 2.78 bits per heavy atom. The van der Waals surface area contributed by atoms with Gasteiger partial charge >= 0.3 is 0 Å². The lowest BCUT2D eigenvalue weighted by Crippen LogP contribution is -2.16. The minimum atomic E-state index is -0.245. The highest BCUT2D eigenvalue weighted by Crippen LogP contribution is 2.20. The van der Waals surface area contributed by atoms with E-state index in [1.165, 1.54) is 0 Å². The minimum absolute atomic E-state index is 0.245. The Labute approximate surface area is 106 Å². The molecule has 0 spiro atoms. The quantitative estimate of drug-likeness (QED) is 0.794. The molecule has 0 radical (unpaired) electrons. The first-order valence-electron chi connectivity index (χ1n) is 5.67. The number of aromatic nitrogens is 1. The molecule has 0 saturated heterocycles. The molecule has 0 unspecified atom stereocenters. The van der Waals surface area contributed by atoms with Crippen LogP contribution < -0.4 is 11.1 Å². The zero-order valence-electron chi connectivity index (χ0n) is 10.4.